The van der Waals surface area contributed by atoms with Crippen molar-refractivity contribution in [1.29, 1.82) is 0 Å². The maximum atomic E-state index is 12.5. The SMILES string of the molecule is Cc1ccc(S(=O)(=O)NC(CCN)C(C)(C)C)c(C)c1. The number of nitrogens with one attached hydrogen (secondary N) is 1. The van der Waals surface area contributed by atoms with Gasteiger partial charge in [0.2, 0.25) is 10.0 Å². The molecular weight excluding hydrogens is 272 g/mol. The van der Waals surface area contributed by atoms with E-state index in [2.05, 4.69) is 4.72 Å². The van der Waals surface area contributed by atoms with Crippen LogP contribution < -0.4 is 10.5 Å². The van der Waals surface area contributed by atoms with Gasteiger partial charge in [0.1, 0.15) is 0 Å². The summed E-state index contributed by atoms with van der Waals surface area (Å²) in [6.07, 6.45) is 0.619. The second kappa shape index (κ2) is 6.24. The monoisotopic (exact) mass is 298 g/mol. The summed E-state index contributed by atoms with van der Waals surface area (Å²) < 4.78 is 27.9. The number of nitrogens with two attached hydrogens (primary N) is 1. The third-order valence-corrected chi connectivity index (χ3v) is 5.05. The Hall–Kier alpha value is -0.910. The predicted molar refractivity (Wildman–Crippen MR) is 83.2 cm³/mol. The largest absolute Gasteiger partial charge is 0.330 e. The quantitative estimate of drug-likeness (QED) is 0.876. The third-order valence-electron chi connectivity index (χ3n) is 3.42. The van der Waals surface area contributed by atoms with E-state index in [1.165, 1.54) is 0 Å². The van der Waals surface area contributed by atoms with Gasteiger partial charge in [0.05, 0.1) is 4.90 Å². The lowest BCUT2D eigenvalue weighted by Gasteiger charge is -2.31. The zero-order valence-electron chi connectivity index (χ0n) is 13.0. The lowest BCUT2D eigenvalue weighted by Crippen LogP contribution is -2.44. The molecule has 1 atom stereocenters. The molecule has 114 valence electrons. The highest BCUT2D eigenvalue weighted by atomic mass is 32.2. The second-order valence-electron chi connectivity index (χ2n) is 6.39. The highest BCUT2D eigenvalue weighted by Crippen LogP contribution is 2.24. The van der Waals surface area contributed by atoms with Gasteiger partial charge in [-0.05, 0) is 43.9 Å². The summed E-state index contributed by atoms with van der Waals surface area (Å²) in [7, 11) is -3.52. The maximum Gasteiger partial charge on any atom is 0.241 e. The predicted octanol–water partition coefficient (Wildman–Crippen LogP) is 2.35. The molecule has 20 heavy (non-hydrogen) atoms. The van der Waals surface area contributed by atoms with Crippen LogP contribution in [0.2, 0.25) is 0 Å². The van der Waals surface area contributed by atoms with Crippen molar-refractivity contribution in [3.63, 3.8) is 0 Å². The Morgan fingerprint density at radius 2 is 1.85 bits per heavy atom. The van der Waals surface area contributed by atoms with E-state index in [-0.39, 0.29) is 11.5 Å². The lowest BCUT2D eigenvalue weighted by atomic mass is 9.85. The van der Waals surface area contributed by atoms with Gasteiger partial charge in [-0.25, -0.2) is 13.1 Å². The number of rotatable bonds is 5. The zero-order valence-corrected chi connectivity index (χ0v) is 13.8. The Balaban J connectivity index is 3.10. The van der Waals surface area contributed by atoms with Crippen molar-refractivity contribution < 1.29 is 8.42 Å². The summed E-state index contributed by atoms with van der Waals surface area (Å²) in [6, 6.07) is 5.17. The van der Waals surface area contributed by atoms with Gasteiger partial charge in [0.25, 0.3) is 0 Å². The van der Waals surface area contributed by atoms with Crippen LogP contribution in [0.3, 0.4) is 0 Å². The van der Waals surface area contributed by atoms with Crippen molar-refractivity contribution in [3.8, 4) is 0 Å². The molecule has 0 heterocycles. The maximum absolute atomic E-state index is 12.5. The molecule has 0 aliphatic carbocycles. The van der Waals surface area contributed by atoms with E-state index in [1.54, 1.807) is 6.07 Å². The summed E-state index contributed by atoms with van der Waals surface area (Å²) in [6.45, 7) is 10.3. The van der Waals surface area contributed by atoms with Gasteiger partial charge >= 0.3 is 0 Å². The van der Waals surface area contributed by atoms with E-state index in [0.29, 0.717) is 17.9 Å². The molecule has 0 bridgehead atoms. The summed E-state index contributed by atoms with van der Waals surface area (Å²) in [5.41, 5.74) is 7.24. The van der Waals surface area contributed by atoms with Crippen LogP contribution in [0.5, 0.6) is 0 Å². The molecule has 5 heteroatoms. The summed E-state index contributed by atoms with van der Waals surface area (Å²) in [4.78, 5) is 0.342. The minimum absolute atomic E-state index is 0.176. The van der Waals surface area contributed by atoms with Gasteiger partial charge in [0.15, 0.2) is 0 Å². The van der Waals surface area contributed by atoms with E-state index in [9.17, 15) is 8.42 Å². The van der Waals surface area contributed by atoms with E-state index >= 15 is 0 Å². The molecular formula is C15H26N2O2S. The van der Waals surface area contributed by atoms with E-state index < -0.39 is 10.0 Å². The molecule has 0 aliphatic rings. The molecule has 1 rings (SSSR count). The van der Waals surface area contributed by atoms with E-state index in [0.717, 1.165) is 11.1 Å². The first kappa shape index (κ1) is 17.1. The Kier molecular flexibility index (Phi) is 5.35. The number of benzene rings is 1. The van der Waals surface area contributed by atoms with E-state index in [1.807, 2.05) is 46.8 Å². The second-order valence-corrected chi connectivity index (χ2v) is 8.07. The van der Waals surface area contributed by atoms with Gasteiger partial charge in [-0.2, -0.15) is 0 Å². The van der Waals surface area contributed by atoms with Crippen molar-refractivity contribution in [3.05, 3.63) is 29.3 Å². The van der Waals surface area contributed by atoms with Crippen molar-refractivity contribution in [2.24, 2.45) is 11.1 Å². The fraction of sp³-hybridized carbons (Fsp3) is 0.600. The van der Waals surface area contributed by atoms with E-state index in [4.69, 9.17) is 5.73 Å². The molecule has 0 radical (unpaired) electrons. The summed E-state index contributed by atoms with van der Waals surface area (Å²) >= 11 is 0. The first-order valence-electron chi connectivity index (χ1n) is 6.87. The van der Waals surface area contributed by atoms with Crippen LogP contribution in [0.25, 0.3) is 0 Å². The average molecular weight is 298 g/mol. The van der Waals surface area contributed by atoms with Crippen molar-refractivity contribution >= 4 is 10.0 Å². The molecule has 0 amide bonds. The molecule has 1 unspecified atom stereocenters. The van der Waals surface area contributed by atoms with Crippen LogP contribution in [0.1, 0.15) is 38.3 Å². The highest BCUT2D eigenvalue weighted by Gasteiger charge is 2.29. The number of hydrogen-bond donors (Lipinski definition) is 2. The molecule has 0 spiro atoms. The van der Waals surface area contributed by atoms with Crippen molar-refractivity contribution in [1.82, 2.24) is 4.72 Å². The van der Waals surface area contributed by atoms with Crippen molar-refractivity contribution in [2.45, 2.75) is 52.0 Å². The minimum atomic E-state index is -3.52. The van der Waals surface area contributed by atoms with Gasteiger partial charge in [0, 0.05) is 6.04 Å². The van der Waals surface area contributed by atoms with Gasteiger partial charge in [-0.15, -0.1) is 0 Å². The normalized spacial score (nSPS) is 14.3. The van der Waals surface area contributed by atoms with Gasteiger partial charge < -0.3 is 5.73 Å². The first-order valence-corrected chi connectivity index (χ1v) is 8.36. The Morgan fingerprint density at radius 3 is 2.30 bits per heavy atom. The fourth-order valence-electron chi connectivity index (χ4n) is 2.19. The molecule has 3 N–H and O–H groups in total. The standard InChI is InChI=1S/C15H26N2O2S/c1-11-6-7-13(12(2)10-11)20(18,19)17-14(8-9-16)15(3,4)5/h6-7,10,14,17H,8-9,16H2,1-5H3. The smallest absolute Gasteiger partial charge is 0.241 e. The molecule has 4 nitrogen and oxygen atoms in total. The zero-order chi connectivity index (χ0) is 15.6. The number of sulfonamides is 1. The van der Waals surface area contributed by atoms with Crippen LogP contribution in [0.4, 0.5) is 0 Å². The van der Waals surface area contributed by atoms with Crippen LogP contribution >= 0.6 is 0 Å². The van der Waals surface area contributed by atoms with Crippen LogP contribution in [0, 0.1) is 19.3 Å². The summed E-state index contributed by atoms with van der Waals surface area (Å²) in [5.74, 6) is 0. The number of aryl methyl sites for hydroxylation is 2. The molecule has 1 aromatic carbocycles. The number of hydrogen-bond acceptors (Lipinski definition) is 3. The molecule has 0 aliphatic heterocycles. The highest BCUT2D eigenvalue weighted by molar-refractivity contribution is 7.89. The molecule has 0 aromatic heterocycles. The van der Waals surface area contributed by atoms with Crippen LogP contribution in [0.15, 0.2) is 23.1 Å². The topological polar surface area (TPSA) is 72.2 Å². The minimum Gasteiger partial charge on any atom is -0.330 e. The Morgan fingerprint density at radius 1 is 1.25 bits per heavy atom. The van der Waals surface area contributed by atoms with Crippen LogP contribution in [-0.4, -0.2) is 21.0 Å². The van der Waals surface area contributed by atoms with Crippen LogP contribution in [-0.2, 0) is 10.0 Å². The Bertz CT molecular complexity index is 560. The first-order chi connectivity index (χ1) is 9.08. The van der Waals surface area contributed by atoms with Crippen molar-refractivity contribution in [2.75, 3.05) is 6.54 Å². The molecule has 0 fully saturated rings. The Labute approximate surface area is 122 Å². The lowest BCUT2D eigenvalue weighted by molar-refractivity contribution is 0.287. The molecule has 0 saturated heterocycles. The molecule has 0 saturated carbocycles. The molecule has 1 aromatic rings. The fourth-order valence-corrected chi connectivity index (χ4v) is 3.89. The summed E-state index contributed by atoms with van der Waals surface area (Å²) in [5, 5.41) is 0. The average Bonchev–Trinajstić information content (AvgIpc) is 2.26. The van der Waals surface area contributed by atoms with Gasteiger partial charge in [-0.3, -0.25) is 0 Å². The van der Waals surface area contributed by atoms with Gasteiger partial charge in [-0.1, -0.05) is 38.5 Å². The third kappa shape index (κ3) is 4.30.